The molecule has 30 heavy (non-hydrogen) atoms. The van der Waals surface area contributed by atoms with Crippen molar-refractivity contribution in [3.63, 3.8) is 0 Å². The van der Waals surface area contributed by atoms with Gasteiger partial charge < -0.3 is 24.4 Å². The number of carbonyl (C=O) groups is 3. The summed E-state index contributed by atoms with van der Waals surface area (Å²) in [7, 11) is 0. The second-order valence-electron chi connectivity index (χ2n) is 6.42. The number of nitrogens with one attached hydrogen (secondary N) is 1. The van der Waals surface area contributed by atoms with E-state index in [0.717, 1.165) is 11.6 Å². The Morgan fingerprint density at radius 2 is 1.90 bits per heavy atom. The molecule has 9 heteroatoms. The highest BCUT2D eigenvalue weighted by Gasteiger charge is 2.18. The van der Waals surface area contributed by atoms with Gasteiger partial charge in [0.05, 0.1) is 5.56 Å². The van der Waals surface area contributed by atoms with Crippen molar-refractivity contribution in [3.05, 3.63) is 59.4 Å². The van der Waals surface area contributed by atoms with Crippen LogP contribution in [-0.4, -0.2) is 49.2 Å². The molecule has 0 spiro atoms. The predicted molar refractivity (Wildman–Crippen MR) is 103 cm³/mol. The number of fused-ring (bicyclic) bond motifs is 1. The highest BCUT2D eigenvalue weighted by molar-refractivity contribution is 5.96. The van der Waals surface area contributed by atoms with Crippen molar-refractivity contribution < 1.29 is 33.0 Å². The van der Waals surface area contributed by atoms with Crippen LogP contribution in [0.1, 0.15) is 22.8 Å². The SMILES string of the molecule is CCN(Cc1ccc2c(c1)OCO2)C(=O)COC(=O)CNC(=O)c1ccccc1F. The quantitative estimate of drug-likeness (QED) is 0.661. The Morgan fingerprint density at radius 1 is 1.13 bits per heavy atom. The Bertz CT molecular complexity index is 949. The fourth-order valence-electron chi connectivity index (χ4n) is 2.81. The average molecular weight is 416 g/mol. The fraction of sp³-hybridized carbons (Fsp3) is 0.286. The van der Waals surface area contributed by atoms with Crippen molar-refractivity contribution in [3.8, 4) is 11.5 Å². The molecular weight excluding hydrogens is 395 g/mol. The molecule has 0 aliphatic carbocycles. The largest absolute Gasteiger partial charge is 0.454 e. The van der Waals surface area contributed by atoms with Gasteiger partial charge in [0.25, 0.3) is 11.8 Å². The van der Waals surface area contributed by atoms with E-state index in [1.54, 1.807) is 19.1 Å². The van der Waals surface area contributed by atoms with E-state index in [0.29, 0.717) is 24.6 Å². The van der Waals surface area contributed by atoms with Crippen molar-refractivity contribution in [2.75, 3.05) is 26.5 Å². The zero-order valence-electron chi connectivity index (χ0n) is 16.4. The van der Waals surface area contributed by atoms with Gasteiger partial charge in [-0.25, -0.2) is 4.39 Å². The van der Waals surface area contributed by atoms with Crippen molar-refractivity contribution >= 4 is 17.8 Å². The topological polar surface area (TPSA) is 94.2 Å². The number of benzene rings is 2. The lowest BCUT2D eigenvalue weighted by Crippen LogP contribution is -2.36. The Hall–Kier alpha value is -3.62. The summed E-state index contributed by atoms with van der Waals surface area (Å²) in [6, 6.07) is 10.8. The number of hydrogen-bond acceptors (Lipinski definition) is 6. The van der Waals surface area contributed by atoms with Gasteiger partial charge in [-0.15, -0.1) is 0 Å². The number of ether oxygens (including phenoxy) is 3. The standard InChI is InChI=1S/C21H21FN2O6/c1-2-24(11-14-7-8-17-18(9-14)30-13-29-17)19(25)12-28-20(26)10-23-21(27)15-5-3-4-6-16(15)22/h3-9H,2,10-13H2,1H3,(H,23,27). The normalized spacial score (nSPS) is 11.7. The van der Waals surface area contributed by atoms with Crippen molar-refractivity contribution in [1.29, 1.82) is 0 Å². The Morgan fingerprint density at radius 3 is 2.67 bits per heavy atom. The van der Waals surface area contributed by atoms with Crippen LogP contribution in [0.15, 0.2) is 42.5 Å². The molecule has 2 aromatic rings. The number of halogens is 1. The smallest absolute Gasteiger partial charge is 0.325 e. The molecule has 0 atom stereocenters. The van der Waals surface area contributed by atoms with E-state index < -0.39 is 30.8 Å². The zero-order valence-corrected chi connectivity index (χ0v) is 16.4. The Kier molecular flexibility index (Phi) is 6.84. The molecule has 0 unspecified atom stereocenters. The van der Waals surface area contributed by atoms with E-state index in [9.17, 15) is 18.8 Å². The van der Waals surface area contributed by atoms with E-state index in [1.165, 1.54) is 23.1 Å². The number of nitrogens with zero attached hydrogens (tertiary/aromatic N) is 1. The molecule has 1 aliphatic rings. The van der Waals surface area contributed by atoms with Gasteiger partial charge in [0.2, 0.25) is 6.79 Å². The van der Waals surface area contributed by atoms with Crippen LogP contribution in [0.25, 0.3) is 0 Å². The molecule has 2 amide bonds. The average Bonchev–Trinajstić information content (AvgIpc) is 3.22. The zero-order chi connectivity index (χ0) is 21.5. The van der Waals surface area contributed by atoms with Crippen LogP contribution in [0.2, 0.25) is 0 Å². The third-order valence-corrected chi connectivity index (χ3v) is 4.41. The van der Waals surface area contributed by atoms with Crippen LogP contribution >= 0.6 is 0 Å². The van der Waals surface area contributed by atoms with E-state index in [1.807, 2.05) is 6.07 Å². The maximum atomic E-state index is 13.6. The van der Waals surface area contributed by atoms with Crippen LogP contribution in [0, 0.1) is 5.82 Å². The van der Waals surface area contributed by atoms with Crippen molar-refractivity contribution in [2.24, 2.45) is 0 Å². The van der Waals surface area contributed by atoms with Gasteiger partial charge in [-0.1, -0.05) is 18.2 Å². The van der Waals surface area contributed by atoms with Gasteiger partial charge >= 0.3 is 5.97 Å². The lowest BCUT2D eigenvalue weighted by molar-refractivity contribution is -0.151. The number of amides is 2. The molecule has 0 radical (unpaired) electrons. The monoisotopic (exact) mass is 416 g/mol. The molecule has 8 nitrogen and oxygen atoms in total. The molecule has 0 saturated heterocycles. The van der Waals surface area contributed by atoms with Gasteiger partial charge in [0.15, 0.2) is 18.1 Å². The summed E-state index contributed by atoms with van der Waals surface area (Å²) in [4.78, 5) is 37.6. The third kappa shape index (κ3) is 5.25. The molecule has 0 saturated carbocycles. The molecule has 0 aromatic heterocycles. The van der Waals surface area contributed by atoms with E-state index in [2.05, 4.69) is 5.32 Å². The summed E-state index contributed by atoms with van der Waals surface area (Å²) in [5.41, 5.74) is 0.667. The molecule has 0 bridgehead atoms. The highest BCUT2D eigenvalue weighted by atomic mass is 19.1. The maximum Gasteiger partial charge on any atom is 0.325 e. The summed E-state index contributed by atoms with van der Waals surface area (Å²) in [5, 5.41) is 2.27. The first kappa shape index (κ1) is 21.1. The Labute approximate surface area is 172 Å². The first-order valence-electron chi connectivity index (χ1n) is 9.32. The number of esters is 1. The lowest BCUT2D eigenvalue weighted by Gasteiger charge is -2.21. The van der Waals surface area contributed by atoms with Gasteiger partial charge in [0, 0.05) is 13.1 Å². The fourth-order valence-corrected chi connectivity index (χ4v) is 2.81. The molecule has 0 fully saturated rings. The van der Waals surface area contributed by atoms with Gasteiger partial charge in [-0.2, -0.15) is 0 Å². The first-order valence-corrected chi connectivity index (χ1v) is 9.32. The van der Waals surface area contributed by atoms with Gasteiger partial charge in [0.1, 0.15) is 12.4 Å². The molecule has 1 aliphatic heterocycles. The molecule has 1 N–H and O–H groups in total. The summed E-state index contributed by atoms with van der Waals surface area (Å²) < 4.78 is 29.1. The van der Waals surface area contributed by atoms with Crippen LogP contribution in [0.5, 0.6) is 11.5 Å². The summed E-state index contributed by atoms with van der Waals surface area (Å²) in [5.74, 6) is -1.35. The van der Waals surface area contributed by atoms with Crippen LogP contribution in [0.4, 0.5) is 4.39 Å². The molecule has 3 rings (SSSR count). The Balaban J connectivity index is 1.45. The predicted octanol–water partition coefficient (Wildman–Crippen LogP) is 1.88. The summed E-state index contributed by atoms with van der Waals surface area (Å²) >= 11 is 0. The minimum Gasteiger partial charge on any atom is -0.454 e. The molecule has 158 valence electrons. The van der Waals surface area contributed by atoms with Crippen LogP contribution < -0.4 is 14.8 Å². The van der Waals surface area contributed by atoms with Crippen molar-refractivity contribution in [2.45, 2.75) is 13.5 Å². The summed E-state index contributed by atoms with van der Waals surface area (Å²) in [6.45, 7) is 1.75. The number of rotatable bonds is 8. The maximum absolute atomic E-state index is 13.6. The second kappa shape index (κ2) is 9.73. The second-order valence-corrected chi connectivity index (χ2v) is 6.42. The number of likely N-dealkylation sites (N-methyl/N-ethyl adjacent to an activating group) is 1. The summed E-state index contributed by atoms with van der Waals surface area (Å²) in [6.07, 6.45) is 0. The minimum atomic E-state index is -0.799. The van der Waals surface area contributed by atoms with Crippen molar-refractivity contribution in [1.82, 2.24) is 10.2 Å². The van der Waals surface area contributed by atoms with Crippen LogP contribution in [-0.2, 0) is 20.9 Å². The molecule has 2 aromatic carbocycles. The molecule has 1 heterocycles. The lowest BCUT2D eigenvalue weighted by atomic mass is 10.2. The first-order chi connectivity index (χ1) is 14.5. The van der Waals surface area contributed by atoms with Gasteiger partial charge in [-0.3, -0.25) is 14.4 Å². The number of hydrogen-bond donors (Lipinski definition) is 1. The van der Waals surface area contributed by atoms with E-state index >= 15 is 0 Å². The van der Waals surface area contributed by atoms with Gasteiger partial charge in [-0.05, 0) is 36.8 Å². The number of carbonyl (C=O) groups excluding carboxylic acids is 3. The van der Waals surface area contributed by atoms with E-state index in [4.69, 9.17) is 14.2 Å². The third-order valence-electron chi connectivity index (χ3n) is 4.41. The highest BCUT2D eigenvalue weighted by Crippen LogP contribution is 2.32. The molecular formula is C21H21FN2O6. The minimum absolute atomic E-state index is 0.165. The van der Waals surface area contributed by atoms with E-state index in [-0.39, 0.29) is 18.3 Å². The van der Waals surface area contributed by atoms with Crippen LogP contribution in [0.3, 0.4) is 0 Å².